The van der Waals surface area contributed by atoms with Gasteiger partial charge in [0.05, 0.1) is 7.11 Å². The van der Waals surface area contributed by atoms with Crippen LogP contribution in [0.2, 0.25) is 5.02 Å². The summed E-state index contributed by atoms with van der Waals surface area (Å²) in [5.74, 6) is 1.29. The third kappa shape index (κ3) is 3.90. The predicted molar refractivity (Wildman–Crippen MR) is 96.9 cm³/mol. The monoisotopic (exact) mass is 343 g/mol. The van der Waals surface area contributed by atoms with Gasteiger partial charge in [-0.1, -0.05) is 36.2 Å². The largest absolute Gasteiger partial charge is 0.497 e. The fourth-order valence-corrected chi connectivity index (χ4v) is 3.47. The van der Waals surface area contributed by atoms with Gasteiger partial charge in [-0.15, -0.1) is 0 Å². The maximum Gasteiger partial charge on any atom is 0.253 e. The fraction of sp³-hybridized carbons (Fsp3) is 0.350. The minimum atomic E-state index is 0.0675. The van der Waals surface area contributed by atoms with Crippen LogP contribution >= 0.6 is 11.6 Å². The van der Waals surface area contributed by atoms with Crippen LogP contribution < -0.4 is 4.74 Å². The Morgan fingerprint density at radius 1 is 1.17 bits per heavy atom. The summed E-state index contributed by atoms with van der Waals surface area (Å²) in [6.07, 6.45) is 3.28. The van der Waals surface area contributed by atoms with Gasteiger partial charge < -0.3 is 9.64 Å². The zero-order valence-corrected chi connectivity index (χ0v) is 14.6. The van der Waals surface area contributed by atoms with E-state index in [2.05, 4.69) is 12.1 Å². The zero-order chi connectivity index (χ0) is 16.9. The van der Waals surface area contributed by atoms with E-state index >= 15 is 0 Å². The van der Waals surface area contributed by atoms with Crippen LogP contribution in [0.4, 0.5) is 0 Å². The minimum Gasteiger partial charge on any atom is -0.497 e. The van der Waals surface area contributed by atoms with Gasteiger partial charge in [-0.3, -0.25) is 4.79 Å². The highest BCUT2D eigenvalue weighted by Crippen LogP contribution is 2.28. The normalized spacial score (nSPS) is 18.1. The highest BCUT2D eigenvalue weighted by atomic mass is 35.5. The third-order valence-electron chi connectivity index (χ3n) is 4.62. The molecule has 1 aliphatic heterocycles. The molecule has 2 aromatic carbocycles. The summed E-state index contributed by atoms with van der Waals surface area (Å²) >= 11 is 6.03. The van der Waals surface area contributed by atoms with Crippen molar-refractivity contribution in [2.75, 3.05) is 20.2 Å². The van der Waals surface area contributed by atoms with E-state index in [0.717, 1.165) is 38.1 Å². The molecule has 1 fully saturated rings. The third-order valence-corrected chi connectivity index (χ3v) is 4.85. The summed E-state index contributed by atoms with van der Waals surface area (Å²) in [4.78, 5) is 14.8. The predicted octanol–water partition coefficient (Wildman–Crippen LogP) is 4.76. The van der Waals surface area contributed by atoms with Crippen molar-refractivity contribution < 1.29 is 9.53 Å². The smallest absolute Gasteiger partial charge is 0.253 e. The summed E-state index contributed by atoms with van der Waals surface area (Å²) in [7, 11) is 1.67. The van der Waals surface area contributed by atoms with Crippen LogP contribution in [-0.4, -0.2) is 31.0 Å². The molecule has 4 heteroatoms. The molecule has 1 saturated heterocycles. The second-order valence-corrected chi connectivity index (χ2v) is 6.66. The summed E-state index contributed by atoms with van der Waals surface area (Å²) in [6, 6.07) is 15.4. The van der Waals surface area contributed by atoms with E-state index in [4.69, 9.17) is 16.3 Å². The van der Waals surface area contributed by atoms with Crippen molar-refractivity contribution in [3.8, 4) is 5.75 Å². The number of nitrogens with zero attached hydrogens (tertiary/aromatic N) is 1. The standard InChI is InChI=1S/C20H22ClNO2/c1-24-19-10-8-15(9-11-19)17-5-2-3-12-22(14-17)20(23)16-6-4-7-18(21)13-16/h4,6-11,13,17H,2-3,5,12,14H2,1H3. The maximum atomic E-state index is 12.8. The van der Waals surface area contributed by atoms with Crippen LogP contribution in [0, 0.1) is 0 Å². The zero-order valence-electron chi connectivity index (χ0n) is 13.9. The lowest BCUT2D eigenvalue weighted by Gasteiger charge is -2.25. The second kappa shape index (κ2) is 7.71. The Hall–Kier alpha value is -2.00. The Morgan fingerprint density at radius 2 is 1.96 bits per heavy atom. The van der Waals surface area contributed by atoms with Gasteiger partial charge in [0.25, 0.3) is 5.91 Å². The molecule has 0 spiro atoms. The van der Waals surface area contributed by atoms with Crippen LogP contribution in [0.3, 0.4) is 0 Å². The topological polar surface area (TPSA) is 29.5 Å². The number of hydrogen-bond donors (Lipinski definition) is 0. The van der Waals surface area contributed by atoms with Crippen molar-refractivity contribution in [2.24, 2.45) is 0 Å². The van der Waals surface area contributed by atoms with Crippen molar-refractivity contribution in [3.05, 3.63) is 64.7 Å². The highest BCUT2D eigenvalue weighted by Gasteiger charge is 2.24. The molecule has 24 heavy (non-hydrogen) atoms. The summed E-state index contributed by atoms with van der Waals surface area (Å²) < 4.78 is 5.23. The molecule has 0 aromatic heterocycles. The quantitative estimate of drug-likeness (QED) is 0.804. The van der Waals surface area contributed by atoms with Crippen molar-refractivity contribution in [3.63, 3.8) is 0 Å². The first kappa shape index (κ1) is 16.8. The summed E-state index contributed by atoms with van der Waals surface area (Å²) in [5, 5.41) is 0.599. The van der Waals surface area contributed by atoms with Gasteiger partial charge in [-0.05, 0) is 48.7 Å². The van der Waals surface area contributed by atoms with Gasteiger partial charge >= 0.3 is 0 Å². The van der Waals surface area contributed by atoms with Crippen LogP contribution in [0.5, 0.6) is 5.75 Å². The molecule has 1 atom stereocenters. The number of benzene rings is 2. The SMILES string of the molecule is COc1ccc(C2CCCCN(C(=O)c3cccc(Cl)c3)C2)cc1. The molecule has 1 amide bonds. The van der Waals surface area contributed by atoms with Gasteiger partial charge in [-0.25, -0.2) is 0 Å². The molecule has 0 saturated carbocycles. The number of likely N-dealkylation sites (tertiary alicyclic amines) is 1. The molecule has 3 rings (SSSR count). The van der Waals surface area contributed by atoms with Gasteiger partial charge in [0.15, 0.2) is 0 Å². The van der Waals surface area contributed by atoms with Crippen molar-refractivity contribution in [1.82, 2.24) is 4.90 Å². The van der Waals surface area contributed by atoms with E-state index < -0.39 is 0 Å². The van der Waals surface area contributed by atoms with Gasteiger partial charge in [0.1, 0.15) is 5.75 Å². The Kier molecular flexibility index (Phi) is 5.41. The number of ether oxygens (including phenoxy) is 1. The van der Waals surface area contributed by atoms with Crippen molar-refractivity contribution in [2.45, 2.75) is 25.2 Å². The molecule has 126 valence electrons. The Bertz CT molecular complexity index is 699. The fourth-order valence-electron chi connectivity index (χ4n) is 3.28. The first-order valence-corrected chi connectivity index (χ1v) is 8.74. The van der Waals surface area contributed by atoms with E-state index in [1.807, 2.05) is 29.2 Å². The number of carbonyl (C=O) groups is 1. The number of rotatable bonds is 3. The minimum absolute atomic E-state index is 0.0675. The second-order valence-electron chi connectivity index (χ2n) is 6.23. The van der Waals surface area contributed by atoms with Crippen LogP contribution in [-0.2, 0) is 0 Å². The first-order chi connectivity index (χ1) is 11.7. The molecular weight excluding hydrogens is 322 g/mol. The molecule has 1 heterocycles. The van der Waals surface area contributed by atoms with Crippen molar-refractivity contribution in [1.29, 1.82) is 0 Å². The molecule has 1 unspecified atom stereocenters. The van der Waals surface area contributed by atoms with E-state index in [9.17, 15) is 4.79 Å². The molecule has 3 nitrogen and oxygen atoms in total. The molecular formula is C20H22ClNO2. The molecule has 0 N–H and O–H groups in total. The molecule has 0 aliphatic carbocycles. The molecule has 1 aliphatic rings. The first-order valence-electron chi connectivity index (χ1n) is 8.36. The van der Waals surface area contributed by atoms with Crippen LogP contribution in [0.1, 0.15) is 41.1 Å². The number of halogens is 1. The summed E-state index contributed by atoms with van der Waals surface area (Å²) in [6.45, 7) is 1.55. The Morgan fingerprint density at radius 3 is 2.67 bits per heavy atom. The van der Waals surface area contributed by atoms with Gasteiger partial charge in [-0.2, -0.15) is 0 Å². The summed E-state index contributed by atoms with van der Waals surface area (Å²) in [5.41, 5.74) is 1.93. The van der Waals surface area contributed by atoms with E-state index in [1.54, 1.807) is 19.2 Å². The molecule has 0 radical (unpaired) electrons. The molecule has 0 bridgehead atoms. The average Bonchev–Trinajstić information content (AvgIpc) is 2.87. The van der Waals surface area contributed by atoms with E-state index in [1.165, 1.54) is 5.56 Å². The van der Waals surface area contributed by atoms with E-state index in [-0.39, 0.29) is 5.91 Å². The Balaban J connectivity index is 1.77. The Labute approximate surface area is 148 Å². The number of hydrogen-bond acceptors (Lipinski definition) is 2. The highest BCUT2D eigenvalue weighted by molar-refractivity contribution is 6.30. The number of methoxy groups -OCH3 is 1. The van der Waals surface area contributed by atoms with E-state index in [0.29, 0.717) is 16.5 Å². The maximum absolute atomic E-state index is 12.8. The van der Waals surface area contributed by atoms with Gasteiger partial charge in [0.2, 0.25) is 0 Å². The lowest BCUT2D eigenvalue weighted by Crippen LogP contribution is -2.34. The number of amides is 1. The number of carbonyl (C=O) groups excluding carboxylic acids is 1. The van der Waals surface area contributed by atoms with Crippen molar-refractivity contribution >= 4 is 17.5 Å². The van der Waals surface area contributed by atoms with Gasteiger partial charge in [0, 0.05) is 29.6 Å². The lowest BCUT2D eigenvalue weighted by molar-refractivity contribution is 0.0754. The molecule has 2 aromatic rings. The average molecular weight is 344 g/mol. The lowest BCUT2D eigenvalue weighted by atomic mass is 9.94. The van der Waals surface area contributed by atoms with Crippen LogP contribution in [0.15, 0.2) is 48.5 Å². The van der Waals surface area contributed by atoms with Crippen LogP contribution in [0.25, 0.3) is 0 Å².